The third-order valence-corrected chi connectivity index (χ3v) is 3.91. The van der Waals surface area contributed by atoms with Crippen LogP contribution in [0.3, 0.4) is 0 Å². The SMILES string of the molecule is Cc1cnccc1NC(=O)C1(C(N)=S)CCOCC1. The first-order valence-corrected chi connectivity index (χ1v) is 6.57. The van der Waals surface area contributed by atoms with E-state index in [9.17, 15) is 4.79 Å². The third kappa shape index (κ3) is 2.74. The quantitative estimate of drug-likeness (QED) is 0.818. The fraction of sp³-hybridized carbons (Fsp3) is 0.462. The molecule has 2 heterocycles. The van der Waals surface area contributed by atoms with E-state index in [1.165, 1.54) is 0 Å². The van der Waals surface area contributed by atoms with Gasteiger partial charge in [0.1, 0.15) is 5.41 Å². The molecule has 0 saturated carbocycles. The first-order valence-electron chi connectivity index (χ1n) is 6.16. The lowest BCUT2D eigenvalue weighted by Crippen LogP contribution is -2.49. The van der Waals surface area contributed by atoms with Crippen molar-refractivity contribution in [2.45, 2.75) is 19.8 Å². The van der Waals surface area contributed by atoms with Gasteiger partial charge < -0.3 is 15.8 Å². The molecule has 0 aliphatic carbocycles. The first kappa shape index (κ1) is 13.9. The highest BCUT2D eigenvalue weighted by Gasteiger charge is 2.43. The smallest absolute Gasteiger partial charge is 0.237 e. The zero-order chi connectivity index (χ0) is 13.9. The average molecular weight is 279 g/mol. The zero-order valence-electron chi connectivity index (χ0n) is 10.8. The highest BCUT2D eigenvalue weighted by Crippen LogP contribution is 2.32. The van der Waals surface area contributed by atoms with Crippen LogP contribution in [0.4, 0.5) is 5.69 Å². The van der Waals surface area contributed by atoms with E-state index < -0.39 is 5.41 Å². The van der Waals surface area contributed by atoms with Crippen molar-refractivity contribution in [3.8, 4) is 0 Å². The van der Waals surface area contributed by atoms with Crippen LogP contribution in [0.25, 0.3) is 0 Å². The van der Waals surface area contributed by atoms with Crippen molar-refractivity contribution in [1.29, 1.82) is 0 Å². The van der Waals surface area contributed by atoms with Gasteiger partial charge in [-0.15, -0.1) is 0 Å². The Hall–Kier alpha value is -1.53. The van der Waals surface area contributed by atoms with Crippen molar-refractivity contribution in [1.82, 2.24) is 4.98 Å². The molecular weight excluding hydrogens is 262 g/mol. The summed E-state index contributed by atoms with van der Waals surface area (Å²) in [4.78, 5) is 16.8. The van der Waals surface area contributed by atoms with Crippen LogP contribution in [-0.4, -0.2) is 29.1 Å². The lowest BCUT2D eigenvalue weighted by atomic mass is 9.79. The number of carbonyl (C=O) groups excluding carboxylic acids is 1. The van der Waals surface area contributed by atoms with Crippen LogP contribution < -0.4 is 11.1 Å². The second-order valence-electron chi connectivity index (χ2n) is 4.70. The maximum atomic E-state index is 12.5. The Kier molecular flexibility index (Phi) is 4.11. The number of pyridine rings is 1. The molecule has 102 valence electrons. The number of hydrogen-bond acceptors (Lipinski definition) is 4. The summed E-state index contributed by atoms with van der Waals surface area (Å²) >= 11 is 5.10. The molecule has 0 spiro atoms. The second kappa shape index (κ2) is 5.63. The minimum Gasteiger partial charge on any atom is -0.392 e. The molecule has 1 aromatic heterocycles. The monoisotopic (exact) mass is 279 g/mol. The van der Waals surface area contributed by atoms with Crippen molar-refractivity contribution in [3.05, 3.63) is 24.0 Å². The standard InChI is InChI=1S/C13H17N3O2S/c1-9-8-15-5-2-10(9)16-12(17)13(11(14)19)3-6-18-7-4-13/h2,5,8H,3-4,6-7H2,1H3,(H2,14,19)(H,15,16,17). The summed E-state index contributed by atoms with van der Waals surface area (Å²) < 4.78 is 5.29. The lowest BCUT2D eigenvalue weighted by Gasteiger charge is -2.34. The van der Waals surface area contributed by atoms with Crippen molar-refractivity contribution >= 4 is 28.8 Å². The number of thiocarbonyl (C=S) groups is 1. The molecule has 5 nitrogen and oxygen atoms in total. The summed E-state index contributed by atoms with van der Waals surface area (Å²) in [5.41, 5.74) is 6.64. The van der Waals surface area contributed by atoms with Crippen molar-refractivity contribution in [3.63, 3.8) is 0 Å². The minimum absolute atomic E-state index is 0.155. The molecule has 0 bridgehead atoms. The van der Waals surface area contributed by atoms with Gasteiger partial charge in [0, 0.05) is 31.3 Å². The van der Waals surface area contributed by atoms with E-state index in [-0.39, 0.29) is 10.9 Å². The van der Waals surface area contributed by atoms with Gasteiger partial charge in [-0.05, 0) is 31.4 Å². The van der Waals surface area contributed by atoms with E-state index in [1.807, 2.05) is 6.92 Å². The lowest BCUT2D eigenvalue weighted by molar-refractivity contribution is -0.126. The molecular formula is C13H17N3O2S. The Balaban J connectivity index is 2.21. The van der Waals surface area contributed by atoms with Crippen molar-refractivity contribution in [2.75, 3.05) is 18.5 Å². The molecule has 0 unspecified atom stereocenters. The van der Waals surface area contributed by atoms with Gasteiger partial charge in [-0.2, -0.15) is 0 Å². The van der Waals surface area contributed by atoms with Gasteiger partial charge in [-0.3, -0.25) is 9.78 Å². The topological polar surface area (TPSA) is 77.2 Å². The number of nitrogens with one attached hydrogen (secondary N) is 1. The van der Waals surface area contributed by atoms with E-state index >= 15 is 0 Å². The third-order valence-electron chi connectivity index (χ3n) is 3.52. The van der Waals surface area contributed by atoms with Gasteiger partial charge in [0.2, 0.25) is 5.91 Å². The Bertz CT molecular complexity index is 498. The molecule has 0 aromatic carbocycles. The van der Waals surface area contributed by atoms with E-state index in [0.717, 1.165) is 11.3 Å². The van der Waals surface area contributed by atoms with Crippen LogP contribution in [0.5, 0.6) is 0 Å². The highest BCUT2D eigenvalue weighted by atomic mass is 32.1. The van der Waals surface area contributed by atoms with Gasteiger partial charge in [0.15, 0.2) is 0 Å². The Morgan fingerprint density at radius 1 is 1.53 bits per heavy atom. The van der Waals surface area contributed by atoms with E-state index in [0.29, 0.717) is 26.1 Å². The number of rotatable bonds is 3. The van der Waals surface area contributed by atoms with Crippen molar-refractivity contribution < 1.29 is 9.53 Å². The molecule has 0 radical (unpaired) electrons. The molecule has 1 aliphatic heterocycles. The summed E-state index contributed by atoms with van der Waals surface area (Å²) in [5.74, 6) is -0.155. The average Bonchev–Trinajstić information content (AvgIpc) is 2.42. The van der Waals surface area contributed by atoms with Crippen molar-refractivity contribution in [2.24, 2.45) is 11.1 Å². The number of anilines is 1. The number of ether oxygens (including phenoxy) is 1. The molecule has 1 fully saturated rings. The summed E-state index contributed by atoms with van der Waals surface area (Å²) in [7, 11) is 0. The molecule has 6 heteroatoms. The summed E-state index contributed by atoms with van der Waals surface area (Å²) in [6.45, 7) is 2.89. The molecule has 2 rings (SSSR count). The van der Waals surface area contributed by atoms with Crippen LogP contribution in [-0.2, 0) is 9.53 Å². The van der Waals surface area contributed by atoms with Crippen LogP contribution in [0, 0.1) is 12.3 Å². The van der Waals surface area contributed by atoms with Crippen LogP contribution in [0.1, 0.15) is 18.4 Å². The molecule has 19 heavy (non-hydrogen) atoms. The molecule has 0 atom stereocenters. The maximum Gasteiger partial charge on any atom is 0.237 e. The van der Waals surface area contributed by atoms with Crippen LogP contribution in [0.15, 0.2) is 18.5 Å². The number of nitrogens with two attached hydrogens (primary N) is 1. The normalized spacial score (nSPS) is 17.7. The second-order valence-corrected chi connectivity index (χ2v) is 5.14. The molecule has 1 aromatic rings. The number of aryl methyl sites for hydroxylation is 1. The van der Waals surface area contributed by atoms with Gasteiger partial charge in [-0.25, -0.2) is 0 Å². The van der Waals surface area contributed by atoms with Gasteiger partial charge >= 0.3 is 0 Å². The molecule has 3 N–H and O–H groups in total. The summed E-state index contributed by atoms with van der Waals surface area (Å²) in [6.07, 6.45) is 4.39. The fourth-order valence-electron chi connectivity index (χ4n) is 2.16. The van der Waals surface area contributed by atoms with Crippen LogP contribution >= 0.6 is 12.2 Å². The number of carbonyl (C=O) groups is 1. The number of nitrogens with zero attached hydrogens (tertiary/aromatic N) is 1. The molecule has 1 amide bonds. The molecule has 1 saturated heterocycles. The Labute approximate surface area is 117 Å². The number of aromatic nitrogens is 1. The summed E-state index contributed by atoms with van der Waals surface area (Å²) in [5, 5.41) is 2.90. The predicted molar refractivity (Wildman–Crippen MR) is 76.9 cm³/mol. The first-order chi connectivity index (χ1) is 9.06. The Morgan fingerprint density at radius 3 is 2.79 bits per heavy atom. The van der Waals surface area contributed by atoms with Gasteiger partial charge in [0.05, 0.1) is 4.99 Å². The van der Waals surface area contributed by atoms with Crippen LogP contribution in [0.2, 0.25) is 0 Å². The minimum atomic E-state index is -0.802. The zero-order valence-corrected chi connectivity index (χ0v) is 11.6. The Morgan fingerprint density at radius 2 is 2.21 bits per heavy atom. The van der Waals surface area contributed by atoms with E-state index in [1.54, 1.807) is 18.5 Å². The van der Waals surface area contributed by atoms with E-state index in [2.05, 4.69) is 10.3 Å². The largest absolute Gasteiger partial charge is 0.392 e. The number of hydrogen-bond donors (Lipinski definition) is 2. The molecule has 1 aliphatic rings. The predicted octanol–water partition coefficient (Wildman–Crippen LogP) is 1.41. The van der Waals surface area contributed by atoms with Gasteiger partial charge in [-0.1, -0.05) is 12.2 Å². The van der Waals surface area contributed by atoms with Gasteiger partial charge in [0.25, 0.3) is 0 Å². The maximum absolute atomic E-state index is 12.5. The number of amides is 1. The summed E-state index contributed by atoms with van der Waals surface area (Å²) in [6, 6.07) is 1.76. The highest BCUT2D eigenvalue weighted by molar-refractivity contribution is 7.80. The van der Waals surface area contributed by atoms with E-state index in [4.69, 9.17) is 22.7 Å². The fourth-order valence-corrected chi connectivity index (χ4v) is 2.46.